The molecular formula is C21H17BrN2O4. The lowest BCUT2D eigenvalue weighted by molar-refractivity contribution is 0.0526. The summed E-state index contributed by atoms with van der Waals surface area (Å²) in [7, 11) is 0. The van der Waals surface area contributed by atoms with Gasteiger partial charge in [0.2, 0.25) is 0 Å². The fourth-order valence-corrected chi connectivity index (χ4v) is 2.89. The van der Waals surface area contributed by atoms with E-state index in [1.807, 2.05) is 6.07 Å². The largest absolute Gasteiger partial charge is 0.462 e. The third-order valence-corrected chi connectivity index (χ3v) is 4.48. The van der Waals surface area contributed by atoms with Crippen LogP contribution >= 0.6 is 15.9 Å². The SMILES string of the molecule is CCOC(=O)c1ccc(-c2ccc(C=NNC(=O)c3ccccc3Br)o2)cc1. The molecule has 1 amide bonds. The van der Waals surface area contributed by atoms with Gasteiger partial charge in [-0.05, 0) is 59.3 Å². The molecule has 0 unspecified atom stereocenters. The lowest BCUT2D eigenvalue weighted by atomic mass is 10.1. The predicted molar refractivity (Wildman–Crippen MR) is 109 cm³/mol. The third kappa shape index (κ3) is 4.75. The second kappa shape index (κ2) is 9.14. The van der Waals surface area contributed by atoms with E-state index in [-0.39, 0.29) is 11.9 Å². The van der Waals surface area contributed by atoms with Crippen LogP contribution in [0.15, 0.2) is 74.7 Å². The van der Waals surface area contributed by atoms with Crippen molar-refractivity contribution in [3.05, 3.63) is 82.0 Å². The molecule has 1 heterocycles. The number of halogens is 1. The third-order valence-electron chi connectivity index (χ3n) is 3.78. The average molecular weight is 441 g/mol. The molecular weight excluding hydrogens is 424 g/mol. The number of hydrogen-bond donors (Lipinski definition) is 1. The maximum absolute atomic E-state index is 12.1. The molecule has 1 aromatic heterocycles. The minimum atomic E-state index is -0.359. The van der Waals surface area contributed by atoms with Crippen molar-refractivity contribution in [2.75, 3.05) is 6.61 Å². The fourth-order valence-electron chi connectivity index (χ4n) is 2.42. The zero-order valence-corrected chi connectivity index (χ0v) is 16.6. The highest BCUT2D eigenvalue weighted by atomic mass is 79.9. The summed E-state index contributed by atoms with van der Waals surface area (Å²) in [5.74, 6) is 0.415. The smallest absolute Gasteiger partial charge is 0.338 e. The Kier molecular flexibility index (Phi) is 6.39. The molecule has 28 heavy (non-hydrogen) atoms. The molecule has 3 rings (SSSR count). The summed E-state index contributed by atoms with van der Waals surface area (Å²) in [4.78, 5) is 23.8. The summed E-state index contributed by atoms with van der Waals surface area (Å²) in [6, 6.07) is 17.5. The molecule has 3 aromatic rings. The number of nitrogens with zero attached hydrogens (tertiary/aromatic N) is 1. The van der Waals surface area contributed by atoms with Crippen LogP contribution in [-0.2, 0) is 4.74 Å². The lowest BCUT2D eigenvalue weighted by Crippen LogP contribution is -2.17. The maximum atomic E-state index is 12.1. The van der Waals surface area contributed by atoms with E-state index in [1.54, 1.807) is 61.5 Å². The van der Waals surface area contributed by atoms with E-state index in [0.29, 0.717) is 33.7 Å². The number of nitrogens with one attached hydrogen (secondary N) is 1. The molecule has 0 saturated carbocycles. The molecule has 0 radical (unpaired) electrons. The van der Waals surface area contributed by atoms with Crippen molar-refractivity contribution >= 4 is 34.0 Å². The standard InChI is InChI=1S/C21H17BrN2O4/c1-2-27-21(26)15-9-7-14(8-10-15)19-12-11-16(28-19)13-23-24-20(25)17-5-3-4-6-18(17)22/h3-13H,2H2,1H3,(H,24,25). The second-order valence-corrected chi connectivity index (χ2v) is 6.53. The van der Waals surface area contributed by atoms with Crippen LogP contribution in [0, 0.1) is 0 Å². The van der Waals surface area contributed by atoms with Gasteiger partial charge in [-0.3, -0.25) is 4.79 Å². The first-order valence-electron chi connectivity index (χ1n) is 8.54. The number of esters is 1. The van der Waals surface area contributed by atoms with E-state index in [0.717, 1.165) is 5.56 Å². The summed E-state index contributed by atoms with van der Waals surface area (Å²) in [6.07, 6.45) is 1.42. The maximum Gasteiger partial charge on any atom is 0.338 e. The summed E-state index contributed by atoms with van der Waals surface area (Å²) >= 11 is 3.33. The van der Waals surface area contributed by atoms with Gasteiger partial charge in [-0.2, -0.15) is 5.10 Å². The van der Waals surface area contributed by atoms with Gasteiger partial charge in [0.1, 0.15) is 11.5 Å². The van der Waals surface area contributed by atoms with Gasteiger partial charge in [0.15, 0.2) is 0 Å². The number of rotatable bonds is 6. The van der Waals surface area contributed by atoms with Gasteiger partial charge in [0.25, 0.3) is 5.91 Å². The second-order valence-electron chi connectivity index (χ2n) is 5.68. The Morgan fingerprint density at radius 3 is 2.57 bits per heavy atom. The summed E-state index contributed by atoms with van der Waals surface area (Å²) < 4.78 is 11.4. The van der Waals surface area contributed by atoms with E-state index in [9.17, 15) is 9.59 Å². The number of carbonyl (C=O) groups is 2. The summed E-state index contributed by atoms with van der Waals surface area (Å²) in [5, 5.41) is 3.92. The van der Waals surface area contributed by atoms with Crippen LogP contribution in [0.3, 0.4) is 0 Å². The highest BCUT2D eigenvalue weighted by molar-refractivity contribution is 9.10. The van der Waals surface area contributed by atoms with Gasteiger partial charge in [-0.25, -0.2) is 10.2 Å². The molecule has 0 spiro atoms. The van der Waals surface area contributed by atoms with Crippen molar-refractivity contribution in [1.29, 1.82) is 0 Å². The molecule has 0 aliphatic carbocycles. The van der Waals surface area contributed by atoms with Crippen molar-refractivity contribution < 1.29 is 18.7 Å². The van der Waals surface area contributed by atoms with Crippen molar-refractivity contribution in [2.24, 2.45) is 5.10 Å². The number of furan rings is 1. The monoisotopic (exact) mass is 440 g/mol. The van der Waals surface area contributed by atoms with Gasteiger partial charge in [-0.15, -0.1) is 0 Å². The number of amides is 1. The van der Waals surface area contributed by atoms with Crippen molar-refractivity contribution in [2.45, 2.75) is 6.92 Å². The first-order chi connectivity index (χ1) is 13.6. The number of ether oxygens (including phenoxy) is 1. The Bertz CT molecular complexity index is 1010. The molecule has 1 N–H and O–H groups in total. The van der Waals surface area contributed by atoms with E-state index < -0.39 is 0 Å². The normalized spacial score (nSPS) is 10.8. The highest BCUT2D eigenvalue weighted by Crippen LogP contribution is 2.22. The van der Waals surface area contributed by atoms with Crippen molar-refractivity contribution in [3.63, 3.8) is 0 Å². The van der Waals surface area contributed by atoms with E-state index in [2.05, 4.69) is 26.5 Å². The topological polar surface area (TPSA) is 80.9 Å². The van der Waals surface area contributed by atoms with Crippen molar-refractivity contribution in [1.82, 2.24) is 5.43 Å². The number of carbonyl (C=O) groups excluding carboxylic acids is 2. The van der Waals surface area contributed by atoms with Gasteiger partial charge in [0, 0.05) is 10.0 Å². The summed E-state index contributed by atoms with van der Waals surface area (Å²) in [6.45, 7) is 2.10. The van der Waals surface area contributed by atoms with Crippen LogP contribution < -0.4 is 5.43 Å². The predicted octanol–water partition coefficient (Wildman–Crippen LogP) is 4.65. The van der Waals surface area contributed by atoms with Gasteiger partial charge in [-0.1, -0.05) is 24.3 Å². The molecule has 7 heteroatoms. The quantitative estimate of drug-likeness (QED) is 0.343. The molecule has 0 bridgehead atoms. The van der Waals surface area contributed by atoms with E-state index >= 15 is 0 Å². The lowest BCUT2D eigenvalue weighted by Gasteiger charge is -2.02. The minimum absolute atomic E-state index is 0.329. The van der Waals surface area contributed by atoms with Crippen LogP contribution in [0.1, 0.15) is 33.4 Å². The molecule has 0 fully saturated rings. The van der Waals surface area contributed by atoms with Gasteiger partial charge in [0.05, 0.1) is 23.9 Å². The van der Waals surface area contributed by atoms with Crippen LogP contribution in [0.4, 0.5) is 0 Å². The number of hydrazone groups is 1. The zero-order valence-electron chi connectivity index (χ0n) is 15.0. The van der Waals surface area contributed by atoms with E-state index in [1.165, 1.54) is 6.21 Å². The first kappa shape index (κ1) is 19.6. The van der Waals surface area contributed by atoms with Crippen molar-refractivity contribution in [3.8, 4) is 11.3 Å². The Morgan fingerprint density at radius 1 is 1.11 bits per heavy atom. The first-order valence-corrected chi connectivity index (χ1v) is 9.33. The molecule has 2 aromatic carbocycles. The number of benzene rings is 2. The molecule has 6 nitrogen and oxygen atoms in total. The molecule has 0 aliphatic heterocycles. The fraction of sp³-hybridized carbons (Fsp3) is 0.0952. The van der Waals surface area contributed by atoms with Crippen LogP contribution in [0.2, 0.25) is 0 Å². The van der Waals surface area contributed by atoms with Gasteiger partial charge >= 0.3 is 5.97 Å². The Morgan fingerprint density at radius 2 is 1.86 bits per heavy atom. The highest BCUT2D eigenvalue weighted by Gasteiger charge is 2.09. The zero-order chi connectivity index (χ0) is 19.9. The molecule has 142 valence electrons. The minimum Gasteiger partial charge on any atom is -0.462 e. The summed E-state index contributed by atoms with van der Waals surface area (Å²) in [5.41, 5.74) is 4.24. The average Bonchev–Trinajstić information content (AvgIpc) is 3.17. The van der Waals surface area contributed by atoms with Gasteiger partial charge < -0.3 is 9.15 Å². The van der Waals surface area contributed by atoms with E-state index in [4.69, 9.17) is 9.15 Å². The van der Waals surface area contributed by atoms with Crippen LogP contribution in [0.25, 0.3) is 11.3 Å². The Balaban J connectivity index is 1.64. The number of hydrogen-bond acceptors (Lipinski definition) is 5. The Hall–Kier alpha value is -3.19. The molecule has 0 atom stereocenters. The molecule has 0 saturated heterocycles. The van der Waals surface area contributed by atoms with Crippen LogP contribution in [-0.4, -0.2) is 24.7 Å². The molecule has 0 aliphatic rings. The van der Waals surface area contributed by atoms with Crippen LogP contribution in [0.5, 0.6) is 0 Å². The Labute approximate surface area is 170 Å².